The van der Waals surface area contributed by atoms with Crippen LogP contribution < -0.4 is 10.2 Å². The van der Waals surface area contributed by atoms with Gasteiger partial charge in [-0.05, 0) is 32.2 Å². The van der Waals surface area contributed by atoms with Crippen molar-refractivity contribution in [3.05, 3.63) is 17.5 Å². The lowest BCUT2D eigenvalue weighted by Crippen LogP contribution is -2.39. The first-order valence-electron chi connectivity index (χ1n) is 6.82. The van der Waals surface area contributed by atoms with Crippen molar-refractivity contribution in [3.63, 3.8) is 0 Å². The van der Waals surface area contributed by atoms with Crippen molar-refractivity contribution in [2.75, 3.05) is 25.0 Å². The predicted octanol–water partition coefficient (Wildman–Crippen LogP) is 1.99. The number of nitrogens with one attached hydrogen (secondary N) is 1. The van der Waals surface area contributed by atoms with Crippen LogP contribution >= 0.6 is 0 Å². The van der Waals surface area contributed by atoms with E-state index >= 15 is 0 Å². The summed E-state index contributed by atoms with van der Waals surface area (Å²) in [6.07, 6.45) is 3.27. The van der Waals surface area contributed by atoms with Crippen molar-refractivity contribution in [2.24, 2.45) is 11.8 Å². The zero-order valence-corrected chi connectivity index (χ0v) is 11.9. The zero-order valence-electron chi connectivity index (χ0n) is 11.9. The van der Waals surface area contributed by atoms with E-state index in [2.05, 4.69) is 41.0 Å². The summed E-state index contributed by atoms with van der Waals surface area (Å²) in [5.41, 5.74) is 2.26. The fourth-order valence-electron chi connectivity index (χ4n) is 2.82. The number of aryl methyl sites for hydroxylation is 1. The molecule has 0 aromatic carbocycles. The molecular formula is C14H24N4. The highest BCUT2D eigenvalue weighted by Gasteiger charge is 2.23. The topological polar surface area (TPSA) is 41.1 Å². The number of aromatic nitrogens is 2. The van der Waals surface area contributed by atoms with Gasteiger partial charge in [0, 0.05) is 37.1 Å². The molecule has 1 aliphatic heterocycles. The van der Waals surface area contributed by atoms with Crippen LogP contribution in [0.25, 0.3) is 0 Å². The molecule has 0 aliphatic carbocycles. The summed E-state index contributed by atoms with van der Waals surface area (Å²) in [4.78, 5) is 11.5. The fourth-order valence-corrected chi connectivity index (χ4v) is 2.82. The molecular weight excluding hydrogens is 224 g/mol. The van der Waals surface area contributed by atoms with E-state index in [1.165, 1.54) is 12.0 Å². The van der Waals surface area contributed by atoms with Crippen molar-refractivity contribution < 1.29 is 0 Å². The molecule has 100 valence electrons. The van der Waals surface area contributed by atoms with Crippen LogP contribution in [0.15, 0.2) is 6.20 Å². The van der Waals surface area contributed by atoms with Crippen molar-refractivity contribution >= 4 is 5.95 Å². The summed E-state index contributed by atoms with van der Waals surface area (Å²) >= 11 is 0. The SMILES string of the molecule is CNCc1cnc(N2CC(C)CC(C)C2)nc1C. The monoisotopic (exact) mass is 248 g/mol. The van der Waals surface area contributed by atoms with E-state index in [0.29, 0.717) is 0 Å². The summed E-state index contributed by atoms with van der Waals surface area (Å²) in [5, 5.41) is 3.14. The number of anilines is 1. The number of piperidine rings is 1. The largest absolute Gasteiger partial charge is 0.340 e. The van der Waals surface area contributed by atoms with Gasteiger partial charge in [-0.3, -0.25) is 0 Å². The highest BCUT2D eigenvalue weighted by molar-refractivity contribution is 5.33. The van der Waals surface area contributed by atoms with Crippen LogP contribution in [0.3, 0.4) is 0 Å². The summed E-state index contributed by atoms with van der Waals surface area (Å²) in [7, 11) is 1.95. The Hall–Kier alpha value is -1.16. The minimum atomic E-state index is 0.731. The summed E-state index contributed by atoms with van der Waals surface area (Å²) in [5.74, 6) is 2.36. The fraction of sp³-hybridized carbons (Fsp3) is 0.714. The van der Waals surface area contributed by atoms with Crippen LogP contribution in [0, 0.1) is 18.8 Å². The Bertz CT molecular complexity index is 395. The molecule has 2 unspecified atom stereocenters. The minimum absolute atomic E-state index is 0.731. The van der Waals surface area contributed by atoms with E-state index in [1.54, 1.807) is 0 Å². The van der Waals surface area contributed by atoms with Crippen LogP contribution in [0.4, 0.5) is 5.95 Å². The van der Waals surface area contributed by atoms with Crippen molar-refractivity contribution in [3.8, 4) is 0 Å². The zero-order chi connectivity index (χ0) is 13.1. The highest BCUT2D eigenvalue weighted by Crippen LogP contribution is 2.24. The lowest BCUT2D eigenvalue weighted by atomic mass is 9.92. The Kier molecular flexibility index (Phi) is 4.17. The second-order valence-corrected chi connectivity index (χ2v) is 5.66. The average molecular weight is 248 g/mol. The standard InChI is InChI=1S/C14H24N4/c1-10-5-11(2)9-18(8-10)14-16-7-13(6-15-4)12(3)17-14/h7,10-11,15H,5-6,8-9H2,1-4H3. The number of nitrogens with zero attached hydrogens (tertiary/aromatic N) is 3. The Morgan fingerprint density at radius 3 is 2.56 bits per heavy atom. The molecule has 18 heavy (non-hydrogen) atoms. The van der Waals surface area contributed by atoms with Gasteiger partial charge in [-0.15, -0.1) is 0 Å². The Morgan fingerprint density at radius 1 is 1.33 bits per heavy atom. The summed E-state index contributed by atoms with van der Waals surface area (Å²) < 4.78 is 0. The maximum absolute atomic E-state index is 4.66. The average Bonchev–Trinajstić information content (AvgIpc) is 2.30. The van der Waals surface area contributed by atoms with Crippen LogP contribution in [-0.2, 0) is 6.54 Å². The molecule has 0 spiro atoms. The lowest BCUT2D eigenvalue weighted by molar-refractivity contribution is 0.353. The molecule has 2 rings (SSSR count). The molecule has 0 bridgehead atoms. The molecule has 4 nitrogen and oxygen atoms in total. The van der Waals surface area contributed by atoms with Gasteiger partial charge in [-0.25, -0.2) is 9.97 Å². The van der Waals surface area contributed by atoms with E-state index in [0.717, 1.165) is 43.1 Å². The first kappa shape index (κ1) is 13.3. The second kappa shape index (κ2) is 5.65. The molecule has 0 saturated carbocycles. The maximum Gasteiger partial charge on any atom is 0.225 e. The molecule has 1 N–H and O–H groups in total. The van der Waals surface area contributed by atoms with Crippen LogP contribution in [-0.4, -0.2) is 30.1 Å². The third-order valence-corrected chi connectivity index (χ3v) is 3.59. The van der Waals surface area contributed by atoms with Gasteiger partial charge in [0.25, 0.3) is 0 Å². The Balaban J connectivity index is 2.15. The lowest BCUT2D eigenvalue weighted by Gasteiger charge is -2.35. The number of rotatable bonds is 3. The van der Waals surface area contributed by atoms with Gasteiger partial charge in [0.15, 0.2) is 0 Å². The van der Waals surface area contributed by atoms with Gasteiger partial charge in [0.05, 0.1) is 0 Å². The molecule has 0 radical (unpaired) electrons. The third-order valence-electron chi connectivity index (χ3n) is 3.59. The normalized spacial score (nSPS) is 24.3. The van der Waals surface area contributed by atoms with Gasteiger partial charge in [-0.1, -0.05) is 13.8 Å². The van der Waals surface area contributed by atoms with E-state index in [1.807, 2.05) is 13.2 Å². The summed E-state index contributed by atoms with van der Waals surface area (Å²) in [6.45, 7) is 9.67. The van der Waals surface area contributed by atoms with E-state index < -0.39 is 0 Å². The van der Waals surface area contributed by atoms with E-state index in [9.17, 15) is 0 Å². The number of hydrogen-bond acceptors (Lipinski definition) is 4. The third kappa shape index (κ3) is 2.99. The van der Waals surface area contributed by atoms with Gasteiger partial charge in [0.1, 0.15) is 0 Å². The van der Waals surface area contributed by atoms with Crippen molar-refractivity contribution in [1.29, 1.82) is 0 Å². The molecule has 1 aliphatic rings. The molecule has 2 heterocycles. The van der Waals surface area contributed by atoms with Crippen molar-refractivity contribution in [2.45, 2.75) is 33.7 Å². The molecule has 1 saturated heterocycles. The molecule has 1 aromatic heterocycles. The predicted molar refractivity (Wildman–Crippen MR) is 74.7 cm³/mol. The first-order valence-corrected chi connectivity index (χ1v) is 6.82. The van der Waals surface area contributed by atoms with E-state index in [-0.39, 0.29) is 0 Å². The smallest absolute Gasteiger partial charge is 0.225 e. The van der Waals surface area contributed by atoms with Crippen molar-refractivity contribution in [1.82, 2.24) is 15.3 Å². The Labute approximate surface area is 110 Å². The van der Waals surface area contributed by atoms with Crippen LogP contribution in [0.1, 0.15) is 31.5 Å². The van der Waals surface area contributed by atoms with Crippen LogP contribution in [0.5, 0.6) is 0 Å². The molecule has 2 atom stereocenters. The quantitative estimate of drug-likeness (QED) is 0.888. The maximum atomic E-state index is 4.66. The molecule has 1 fully saturated rings. The van der Waals surface area contributed by atoms with Crippen LogP contribution in [0.2, 0.25) is 0 Å². The molecule has 0 amide bonds. The van der Waals surface area contributed by atoms with E-state index in [4.69, 9.17) is 0 Å². The Morgan fingerprint density at radius 2 is 2.00 bits per heavy atom. The van der Waals surface area contributed by atoms with Gasteiger partial charge in [-0.2, -0.15) is 0 Å². The van der Waals surface area contributed by atoms with Gasteiger partial charge >= 0.3 is 0 Å². The highest BCUT2D eigenvalue weighted by atomic mass is 15.3. The number of hydrogen-bond donors (Lipinski definition) is 1. The molecule has 1 aromatic rings. The minimum Gasteiger partial charge on any atom is -0.340 e. The second-order valence-electron chi connectivity index (χ2n) is 5.66. The molecule has 4 heteroatoms. The van der Waals surface area contributed by atoms with Gasteiger partial charge < -0.3 is 10.2 Å². The van der Waals surface area contributed by atoms with Gasteiger partial charge in [0.2, 0.25) is 5.95 Å². The summed E-state index contributed by atoms with van der Waals surface area (Å²) in [6, 6.07) is 0. The first-order chi connectivity index (χ1) is 8.60.